The second kappa shape index (κ2) is 37.7. The van der Waals surface area contributed by atoms with Crippen molar-refractivity contribution < 1.29 is 37.9 Å². The van der Waals surface area contributed by atoms with Crippen molar-refractivity contribution in [3.8, 4) is 0 Å². The van der Waals surface area contributed by atoms with E-state index in [1.165, 1.54) is 70.6 Å². The van der Waals surface area contributed by atoms with Gasteiger partial charge in [0.05, 0.1) is 25.6 Å². The van der Waals surface area contributed by atoms with Crippen LogP contribution in [0.25, 0.3) is 0 Å². The van der Waals surface area contributed by atoms with E-state index in [2.05, 4.69) is 50.3 Å². The molecular weight excluding hydrogens is 665 g/mol. The summed E-state index contributed by atoms with van der Waals surface area (Å²) in [6.45, 7) is 3.97. The number of phosphoric acid groups is 1. The van der Waals surface area contributed by atoms with E-state index in [0.29, 0.717) is 6.42 Å². The minimum Gasteiger partial charge on any atom is -0.492 e. The molecule has 0 aromatic rings. The largest absolute Gasteiger partial charge is 0.492 e. The molecule has 51 heavy (non-hydrogen) atoms. The van der Waals surface area contributed by atoms with E-state index >= 15 is 0 Å². The van der Waals surface area contributed by atoms with Gasteiger partial charge in [0.25, 0.3) is 0 Å². The average molecular weight is 740 g/mol. The Labute approximate surface area is 311 Å². The monoisotopic (exact) mass is 740 g/mol. The molecule has 0 aromatic carbocycles. The maximum atomic E-state index is 12.3. The summed E-state index contributed by atoms with van der Waals surface area (Å²) >= 11 is 0. The fourth-order valence-corrected chi connectivity index (χ4v) is 5.81. The number of nitrogens with two attached hydrogens (primary N) is 1. The SMILES string of the molecule is CCCCCCCCCCCCCC/C=C/O[C@H](COC(=O)CCC/C=C\C/C=C\C/C=C\C/C=C\[C@@H](O)CCCC)COP(=O)(O)OCCN. The minimum atomic E-state index is -4.29. The van der Waals surface area contributed by atoms with E-state index in [-0.39, 0.29) is 44.9 Å². The molecule has 0 heterocycles. The molecule has 0 aliphatic heterocycles. The number of esters is 1. The zero-order valence-electron chi connectivity index (χ0n) is 32.2. The van der Waals surface area contributed by atoms with Gasteiger partial charge in [0, 0.05) is 13.0 Å². The lowest BCUT2D eigenvalue weighted by Crippen LogP contribution is -2.25. The first-order valence-corrected chi connectivity index (χ1v) is 21.4. The van der Waals surface area contributed by atoms with E-state index < -0.39 is 13.9 Å². The summed E-state index contributed by atoms with van der Waals surface area (Å²) in [5, 5.41) is 9.80. The van der Waals surface area contributed by atoms with Gasteiger partial charge in [0.1, 0.15) is 6.61 Å². The number of aliphatic hydroxyl groups is 1. The molecule has 1 unspecified atom stereocenters. The smallest absolute Gasteiger partial charge is 0.472 e. The first kappa shape index (κ1) is 49.0. The van der Waals surface area contributed by atoms with Gasteiger partial charge < -0.3 is 25.2 Å². The molecule has 10 heteroatoms. The quantitative estimate of drug-likeness (QED) is 0.0187. The van der Waals surface area contributed by atoms with Crippen molar-refractivity contribution in [3.63, 3.8) is 0 Å². The number of hydrogen-bond donors (Lipinski definition) is 3. The minimum absolute atomic E-state index is 0.0853. The number of allylic oxidation sites excluding steroid dienone is 8. The van der Waals surface area contributed by atoms with Crippen molar-refractivity contribution in [2.45, 2.75) is 167 Å². The third-order valence-corrected chi connectivity index (χ3v) is 9.08. The molecule has 0 aliphatic rings. The third kappa shape index (κ3) is 37.6. The fraction of sp³-hybridized carbons (Fsp3) is 0.732. The van der Waals surface area contributed by atoms with Crippen LogP contribution in [-0.4, -0.2) is 54.5 Å². The highest BCUT2D eigenvalue weighted by Crippen LogP contribution is 2.43. The Balaban J connectivity index is 4.26. The molecule has 296 valence electrons. The molecule has 0 amide bonds. The third-order valence-electron chi connectivity index (χ3n) is 8.10. The van der Waals surface area contributed by atoms with Gasteiger partial charge in [-0.05, 0) is 57.4 Å². The summed E-state index contributed by atoms with van der Waals surface area (Å²) in [5.74, 6) is -0.360. The van der Waals surface area contributed by atoms with Crippen LogP contribution in [0.4, 0.5) is 0 Å². The van der Waals surface area contributed by atoms with Crippen LogP contribution in [-0.2, 0) is 27.9 Å². The van der Waals surface area contributed by atoms with Crippen molar-refractivity contribution in [3.05, 3.63) is 60.9 Å². The van der Waals surface area contributed by atoms with Gasteiger partial charge in [-0.1, -0.05) is 146 Å². The molecule has 9 nitrogen and oxygen atoms in total. The van der Waals surface area contributed by atoms with Crippen molar-refractivity contribution in [2.75, 3.05) is 26.4 Å². The lowest BCUT2D eigenvalue weighted by Gasteiger charge is -2.19. The van der Waals surface area contributed by atoms with Crippen molar-refractivity contribution in [1.29, 1.82) is 0 Å². The first-order chi connectivity index (χ1) is 24.8. The second-order valence-corrected chi connectivity index (χ2v) is 14.5. The van der Waals surface area contributed by atoms with Crippen molar-refractivity contribution >= 4 is 13.8 Å². The predicted molar refractivity (Wildman–Crippen MR) is 211 cm³/mol. The van der Waals surface area contributed by atoms with Gasteiger partial charge in [-0.2, -0.15) is 0 Å². The van der Waals surface area contributed by atoms with E-state index in [4.69, 9.17) is 24.3 Å². The van der Waals surface area contributed by atoms with E-state index in [1.807, 2.05) is 18.2 Å². The van der Waals surface area contributed by atoms with Crippen molar-refractivity contribution in [2.24, 2.45) is 5.73 Å². The van der Waals surface area contributed by atoms with Crippen LogP contribution in [0.2, 0.25) is 0 Å². The highest BCUT2D eigenvalue weighted by molar-refractivity contribution is 7.47. The Bertz CT molecular complexity index is 981. The fourth-order valence-electron chi connectivity index (χ4n) is 5.05. The van der Waals surface area contributed by atoms with Gasteiger partial charge >= 0.3 is 13.8 Å². The summed E-state index contributed by atoms with van der Waals surface area (Å²) < 4.78 is 33.0. The standard InChI is InChI=1S/C41H74NO8P/c1-3-5-7-8-9-10-11-12-15-18-21-24-27-30-35-47-40(38-50-51(45,46)49-36-34-42)37-48-41(44)33-29-26-23-20-17-14-13-16-19-22-25-28-32-39(43)31-6-4-2/h13-14,19-20,22-23,28,30,32,35,39-40,43H,3-12,15-18,21,24-27,29,31,33-34,36-38,42H2,1-2H3,(H,45,46)/b14-13-,22-19-,23-20-,32-28-,35-30+/t39-,40+/m0/s1. The summed E-state index contributed by atoms with van der Waals surface area (Å²) in [6, 6.07) is 0. The van der Waals surface area contributed by atoms with Crippen molar-refractivity contribution in [1.82, 2.24) is 0 Å². The second-order valence-electron chi connectivity index (χ2n) is 13.0. The number of carbonyl (C=O) groups is 1. The van der Waals surface area contributed by atoms with Crippen LogP contribution >= 0.6 is 7.82 Å². The molecule has 4 N–H and O–H groups in total. The molecule has 0 fully saturated rings. The summed E-state index contributed by atoms with van der Waals surface area (Å²) in [7, 11) is -4.29. The molecule has 0 saturated heterocycles. The van der Waals surface area contributed by atoms with Crippen LogP contribution in [0, 0.1) is 0 Å². The van der Waals surface area contributed by atoms with Crippen LogP contribution in [0.1, 0.15) is 155 Å². The lowest BCUT2D eigenvalue weighted by atomic mass is 10.0. The normalized spacial score (nSPS) is 14.8. The first-order valence-electron chi connectivity index (χ1n) is 19.9. The maximum absolute atomic E-state index is 12.3. The summed E-state index contributed by atoms with van der Waals surface area (Å²) in [4.78, 5) is 22.2. The summed E-state index contributed by atoms with van der Waals surface area (Å²) in [6.07, 6.45) is 42.5. The molecule has 0 aliphatic carbocycles. The number of aliphatic hydroxyl groups excluding tert-OH is 1. The highest BCUT2D eigenvalue weighted by atomic mass is 31.2. The van der Waals surface area contributed by atoms with Gasteiger partial charge in [-0.25, -0.2) is 4.57 Å². The van der Waals surface area contributed by atoms with Gasteiger partial charge in [-0.3, -0.25) is 13.8 Å². The van der Waals surface area contributed by atoms with Gasteiger partial charge in [-0.15, -0.1) is 0 Å². The Morgan fingerprint density at radius 3 is 1.84 bits per heavy atom. The number of carbonyl (C=O) groups excluding carboxylic acids is 1. The number of phosphoric ester groups is 1. The molecule has 0 spiro atoms. The highest BCUT2D eigenvalue weighted by Gasteiger charge is 2.24. The Hall–Kier alpha value is -2.00. The molecule has 0 bridgehead atoms. The molecule has 3 atom stereocenters. The Morgan fingerprint density at radius 1 is 0.686 bits per heavy atom. The van der Waals surface area contributed by atoms with E-state index in [0.717, 1.165) is 57.8 Å². The van der Waals surface area contributed by atoms with Crippen LogP contribution < -0.4 is 5.73 Å². The zero-order valence-corrected chi connectivity index (χ0v) is 33.1. The van der Waals surface area contributed by atoms with Crippen LogP contribution in [0.5, 0.6) is 0 Å². The molecule has 0 rings (SSSR count). The molecular formula is C41H74NO8P. The average Bonchev–Trinajstić information content (AvgIpc) is 3.12. The zero-order chi connectivity index (χ0) is 37.5. The predicted octanol–water partition coefficient (Wildman–Crippen LogP) is 10.7. The summed E-state index contributed by atoms with van der Waals surface area (Å²) in [5.41, 5.74) is 5.35. The van der Waals surface area contributed by atoms with E-state index in [9.17, 15) is 19.4 Å². The molecule has 0 aromatic heterocycles. The Kier molecular flexibility index (Phi) is 36.3. The maximum Gasteiger partial charge on any atom is 0.472 e. The van der Waals surface area contributed by atoms with Crippen LogP contribution in [0.15, 0.2) is 60.9 Å². The molecule has 0 saturated carbocycles. The number of ether oxygens (including phenoxy) is 2. The number of hydrogen-bond acceptors (Lipinski definition) is 8. The number of rotatable bonds is 37. The lowest BCUT2D eigenvalue weighted by molar-refractivity contribution is -0.147. The van der Waals surface area contributed by atoms with Gasteiger partial charge in [0.15, 0.2) is 6.10 Å². The van der Waals surface area contributed by atoms with Gasteiger partial charge in [0.2, 0.25) is 0 Å². The Morgan fingerprint density at radius 2 is 1.24 bits per heavy atom. The number of unbranched alkanes of at least 4 members (excludes halogenated alkanes) is 14. The molecule has 0 radical (unpaired) electrons. The topological polar surface area (TPSA) is 138 Å². The van der Waals surface area contributed by atoms with Crippen LogP contribution in [0.3, 0.4) is 0 Å². The van der Waals surface area contributed by atoms with E-state index in [1.54, 1.807) is 6.26 Å².